The van der Waals surface area contributed by atoms with Crippen LogP contribution in [-0.2, 0) is 6.54 Å². The van der Waals surface area contributed by atoms with Crippen molar-refractivity contribution < 1.29 is 4.79 Å². The van der Waals surface area contributed by atoms with Crippen molar-refractivity contribution in [1.29, 1.82) is 0 Å². The van der Waals surface area contributed by atoms with Gasteiger partial charge in [0.2, 0.25) is 0 Å². The maximum Gasteiger partial charge on any atom is 0.255 e. The Bertz CT molecular complexity index is 913. The lowest BCUT2D eigenvalue weighted by atomic mass is 10.1. The molecule has 0 spiro atoms. The minimum absolute atomic E-state index is 0.102. The Kier molecular flexibility index (Phi) is 4.83. The molecule has 1 amide bonds. The van der Waals surface area contributed by atoms with Crippen LogP contribution in [0, 0.1) is 12.8 Å². The minimum atomic E-state index is 0.102. The first-order chi connectivity index (χ1) is 12.6. The van der Waals surface area contributed by atoms with Gasteiger partial charge in [-0.3, -0.25) is 9.69 Å². The molecule has 0 radical (unpaired) electrons. The van der Waals surface area contributed by atoms with Gasteiger partial charge < -0.3 is 9.88 Å². The molecule has 4 rings (SSSR count). The number of para-hydroxylation sites is 1. The molecule has 0 aliphatic carbocycles. The predicted molar refractivity (Wildman–Crippen MR) is 108 cm³/mol. The zero-order valence-corrected chi connectivity index (χ0v) is 16.2. The average molecular weight is 368 g/mol. The Balaban J connectivity index is 1.37. The second-order valence-corrected chi connectivity index (χ2v) is 8.71. The summed E-state index contributed by atoms with van der Waals surface area (Å²) in [6, 6.07) is 12.3. The first-order valence-corrected chi connectivity index (χ1v) is 10.0. The van der Waals surface area contributed by atoms with Gasteiger partial charge in [-0.15, -0.1) is 11.3 Å². The number of H-pyrrole nitrogens is 1. The lowest BCUT2D eigenvalue weighted by Crippen LogP contribution is -2.33. The smallest absolute Gasteiger partial charge is 0.255 e. The molecule has 1 aromatic carbocycles. The van der Waals surface area contributed by atoms with Gasteiger partial charge in [-0.25, -0.2) is 0 Å². The van der Waals surface area contributed by atoms with E-state index in [0.29, 0.717) is 5.92 Å². The van der Waals surface area contributed by atoms with Crippen LogP contribution < -0.4 is 0 Å². The first kappa shape index (κ1) is 17.3. The number of benzene rings is 1. The van der Waals surface area contributed by atoms with E-state index in [4.69, 9.17) is 0 Å². The second-order valence-electron chi connectivity index (χ2n) is 7.34. The van der Waals surface area contributed by atoms with Crippen LogP contribution in [0.3, 0.4) is 0 Å². The highest BCUT2D eigenvalue weighted by Crippen LogP contribution is 2.24. The van der Waals surface area contributed by atoms with Gasteiger partial charge in [0.25, 0.3) is 5.91 Å². The number of fused-ring (bicyclic) bond motifs is 1. The van der Waals surface area contributed by atoms with Crippen molar-refractivity contribution in [3.8, 4) is 0 Å². The minimum Gasteiger partial charge on any atom is -0.361 e. The number of hydrogen-bond acceptors (Lipinski definition) is 3. The van der Waals surface area contributed by atoms with E-state index in [0.717, 1.165) is 49.1 Å². The fourth-order valence-corrected chi connectivity index (χ4v) is 4.87. The van der Waals surface area contributed by atoms with E-state index >= 15 is 0 Å². The molecule has 26 heavy (non-hydrogen) atoms. The van der Waals surface area contributed by atoms with Crippen LogP contribution in [0.1, 0.15) is 26.5 Å². The summed E-state index contributed by atoms with van der Waals surface area (Å²) in [6.45, 7) is 6.20. The third kappa shape index (κ3) is 3.55. The summed E-state index contributed by atoms with van der Waals surface area (Å²) in [5.41, 5.74) is 1.70. The van der Waals surface area contributed by atoms with Crippen LogP contribution in [0.15, 0.2) is 42.6 Å². The summed E-state index contributed by atoms with van der Waals surface area (Å²) < 4.78 is 0. The van der Waals surface area contributed by atoms with Gasteiger partial charge in [0.1, 0.15) is 0 Å². The molecule has 136 valence electrons. The molecule has 4 nitrogen and oxygen atoms in total. The van der Waals surface area contributed by atoms with Crippen LogP contribution in [0.2, 0.25) is 0 Å². The fraction of sp³-hybridized carbons (Fsp3) is 0.381. The Morgan fingerprint density at radius 2 is 2.19 bits per heavy atom. The van der Waals surface area contributed by atoms with Crippen molar-refractivity contribution in [3.63, 3.8) is 0 Å². The number of rotatable bonds is 5. The number of thiophene rings is 1. The molecule has 1 fully saturated rings. The molecule has 1 N–H and O–H groups in total. The molecule has 1 unspecified atom stereocenters. The number of hydrogen-bond donors (Lipinski definition) is 1. The van der Waals surface area contributed by atoms with E-state index < -0.39 is 0 Å². The van der Waals surface area contributed by atoms with Crippen LogP contribution in [0.25, 0.3) is 10.9 Å². The molecular formula is C21H25N3OS. The number of amides is 1. The summed E-state index contributed by atoms with van der Waals surface area (Å²) in [6.07, 6.45) is 3.05. The van der Waals surface area contributed by atoms with Gasteiger partial charge in [0.15, 0.2) is 0 Å². The zero-order chi connectivity index (χ0) is 18.1. The zero-order valence-electron chi connectivity index (χ0n) is 15.4. The Morgan fingerprint density at radius 3 is 3.00 bits per heavy atom. The number of aromatic nitrogens is 1. The molecular weight excluding hydrogens is 342 g/mol. The van der Waals surface area contributed by atoms with Gasteiger partial charge in [0, 0.05) is 48.0 Å². The molecule has 3 heterocycles. The summed E-state index contributed by atoms with van der Waals surface area (Å²) in [7, 11) is 1.93. The summed E-state index contributed by atoms with van der Waals surface area (Å²) in [5.74, 6) is 0.651. The Labute approximate surface area is 158 Å². The predicted octanol–water partition coefficient (Wildman–Crippen LogP) is 4.13. The highest BCUT2D eigenvalue weighted by Gasteiger charge is 2.26. The highest BCUT2D eigenvalue weighted by atomic mass is 32.1. The fourth-order valence-electron chi connectivity index (χ4n) is 3.93. The van der Waals surface area contributed by atoms with E-state index in [-0.39, 0.29) is 5.91 Å². The molecule has 3 aromatic rings. The molecule has 5 heteroatoms. The Hall–Kier alpha value is -2.11. The first-order valence-electron chi connectivity index (χ1n) is 9.19. The summed E-state index contributed by atoms with van der Waals surface area (Å²) in [5, 5.41) is 1.09. The third-order valence-corrected chi connectivity index (χ3v) is 6.23. The average Bonchev–Trinajstić information content (AvgIpc) is 3.35. The lowest BCUT2D eigenvalue weighted by molar-refractivity contribution is 0.0775. The highest BCUT2D eigenvalue weighted by molar-refractivity contribution is 7.11. The number of aryl methyl sites for hydroxylation is 1. The summed E-state index contributed by atoms with van der Waals surface area (Å²) in [4.78, 5) is 23.3. The van der Waals surface area contributed by atoms with Crippen LogP contribution in [-0.4, -0.2) is 47.4 Å². The SMILES string of the molecule is Cc1ccc(CN2CCC(CN(C)C(=O)c3cccc4cc[nH]c34)C2)s1. The van der Waals surface area contributed by atoms with E-state index in [1.807, 2.05) is 53.7 Å². The normalized spacial score (nSPS) is 17.8. The largest absolute Gasteiger partial charge is 0.361 e. The lowest BCUT2D eigenvalue weighted by Gasteiger charge is -2.22. The second kappa shape index (κ2) is 7.25. The number of nitrogens with zero attached hydrogens (tertiary/aromatic N) is 2. The molecule has 1 atom stereocenters. The number of likely N-dealkylation sites (tertiary alicyclic amines) is 1. The van der Waals surface area contributed by atoms with Crippen LogP contribution in [0.5, 0.6) is 0 Å². The van der Waals surface area contributed by atoms with E-state index in [1.165, 1.54) is 9.75 Å². The van der Waals surface area contributed by atoms with Crippen molar-refractivity contribution in [3.05, 3.63) is 57.9 Å². The molecule has 1 saturated heterocycles. The van der Waals surface area contributed by atoms with Gasteiger partial charge in [-0.2, -0.15) is 0 Å². The standard InChI is InChI=1S/C21H25N3OS/c1-15-6-7-18(26-15)14-24-11-9-16(13-24)12-23(2)21(25)19-5-3-4-17-8-10-22-20(17)19/h3-8,10,16,22H,9,11-14H2,1-2H3. The van der Waals surface area contributed by atoms with Gasteiger partial charge in [-0.1, -0.05) is 12.1 Å². The van der Waals surface area contributed by atoms with Crippen molar-refractivity contribution >= 4 is 28.1 Å². The van der Waals surface area contributed by atoms with Gasteiger partial charge in [0.05, 0.1) is 11.1 Å². The van der Waals surface area contributed by atoms with E-state index in [2.05, 4.69) is 28.9 Å². The quantitative estimate of drug-likeness (QED) is 0.736. The van der Waals surface area contributed by atoms with Crippen molar-refractivity contribution in [2.45, 2.75) is 19.9 Å². The number of carbonyl (C=O) groups excluding carboxylic acids is 1. The molecule has 1 aliphatic rings. The number of nitrogens with one attached hydrogen (secondary N) is 1. The maximum atomic E-state index is 12.9. The van der Waals surface area contributed by atoms with Crippen molar-refractivity contribution in [2.75, 3.05) is 26.7 Å². The topological polar surface area (TPSA) is 39.3 Å². The number of aromatic amines is 1. The van der Waals surface area contributed by atoms with Crippen LogP contribution >= 0.6 is 11.3 Å². The molecule has 2 aromatic heterocycles. The maximum absolute atomic E-state index is 12.9. The van der Waals surface area contributed by atoms with Crippen molar-refractivity contribution in [1.82, 2.24) is 14.8 Å². The van der Waals surface area contributed by atoms with Gasteiger partial charge in [-0.05, 0) is 50.1 Å². The monoisotopic (exact) mass is 367 g/mol. The van der Waals surface area contributed by atoms with E-state index in [9.17, 15) is 4.79 Å². The van der Waals surface area contributed by atoms with Gasteiger partial charge >= 0.3 is 0 Å². The van der Waals surface area contributed by atoms with Crippen LogP contribution in [0.4, 0.5) is 0 Å². The van der Waals surface area contributed by atoms with Crippen molar-refractivity contribution in [2.24, 2.45) is 5.92 Å². The molecule has 0 saturated carbocycles. The van der Waals surface area contributed by atoms with E-state index in [1.54, 1.807) is 0 Å². The molecule has 1 aliphatic heterocycles. The summed E-state index contributed by atoms with van der Waals surface area (Å²) >= 11 is 1.88. The molecule has 0 bridgehead atoms. The third-order valence-electron chi connectivity index (χ3n) is 5.24. The number of carbonyl (C=O) groups is 1. The Morgan fingerprint density at radius 1 is 1.31 bits per heavy atom.